The van der Waals surface area contributed by atoms with Gasteiger partial charge in [-0.3, -0.25) is 5.10 Å². The minimum atomic E-state index is -0.230. The average Bonchev–Trinajstić information content (AvgIpc) is 2.46. The highest BCUT2D eigenvalue weighted by atomic mass is 79.9. The molecular weight excluding hydrogens is 223 g/mol. The number of halogens is 2. The molecule has 0 unspecified atom stereocenters. The largest absolute Gasteiger partial charge is 0.280 e. The molecule has 0 aliphatic carbocycles. The average molecular weight is 229 g/mol. The van der Waals surface area contributed by atoms with Crippen LogP contribution in [0.15, 0.2) is 18.2 Å². The number of nitrogens with one attached hydrogen (secondary N) is 1. The molecule has 0 amide bonds. The summed E-state index contributed by atoms with van der Waals surface area (Å²) in [6, 6.07) is 4.55. The number of aromatic nitrogens is 2. The second-order valence-corrected chi connectivity index (χ2v) is 3.06. The fraction of sp³-hybridized carbons (Fsp3) is 0.125. The van der Waals surface area contributed by atoms with E-state index in [1.54, 1.807) is 6.07 Å². The van der Waals surface area contributed by atoms with Crippen LogP contribution in [0.4, 0.5) is 4.39 Å². The van der Waals surface area contributed by atoms with Crippen molar-refractivity contribution in [2.45, 2.75) is 5.33 Å². The molecule has 12 heavy (non-hydrogen) atoms. The van der Waals surface area contributed by atoms with Gasteiger partial charge in [0.1, 0.15) is 5.82 Å². The molecule has 1 N–H and O–H groups in total. The van der Waals surface area contributed by atoms with E-state index in [9.17, 15) is 4.39 Å². The second-order valence-electron chi connectivity index (χ2n) is 2.50. The molecule has 2 nitrogen and oxygen atoms in total. The number of fused-ring (bicyclic) bond motifs is 1. The van der Waals surface area contributed by atoms with Crippen molar-refractivity contribution in [3.05, 3.63) is 29.7 Å². The van der Waals surface area contributed by atoms with E-state index in [0.29, 0.717) is 5.33 Å². The predicted molar refractivity (Wildman–Crippen MR) is 48.7 cm³/mol. The van der Waals surface area contributed by atoms with E-state index in [1.165, 1.54) is 12.1 Å². The number of H-pyrrole nitrogens is 1. The molecule has 62 valence electrons. The third kappa shape index (κ3) is 1.12. The Morgan fingerprint density at radius 1 is 1.50 bits per heavy atom. The molecule has 0 aliphatic heterocycles. The van der Waals surface area contributed by atoms with Gasteiger partial charge < -0.3 is 0 Å². The van der Waals surface area contributed by atoms with Crippen molar-refractivity contribution in [1.82, 2.24) is 10.2 Å². The topological polar surface area (TPSA) is 28.7 Å². The van der Waals surface area contributed by atoms with Gasteiger partial charge in [0.05, 0.1) is 11.2 Å². The van der Waals surface area contributed by atoms with E-state index in [2.05, 4.69) is 26.1 Å². The van der Waals surface area contributed by atoms with Gasteiger partial charge in [0, 0.05) is 10.7 Å². The highest BCUT2D eigenvalue weighted by Crippen LogP contribution is 2.18. The number of hydrogen-bond acceptors (Lipinski definition) is 1. The van der Waals surface area contributed by atoms with Crippen LogP contribution in [0.2, 0.25) is 0 Å². The summed E-state index contributed by atoms with van der Waals surface area (Å²) in [5, 5.41) is 8.34. The lowest BCUT2D eigenvalue weighted by Crippen LogP contribution is -1.77. The van der Waals surface area contributed by atoms with Crippen LogP contribution in [-0.2, 0) is 5.33 Å². The smallest absolute Gasteiger partial charge is 0.124 e. The van der Waals surface area contributed by atoms with Crippen LogP contribution in [0, 0.1) is 5.82 Å². The van der Waals surface area contributed by atoms with Crippen molar-refractivity contribution in [3.8, 4) is 0 Å². The zero-order chi connectivity index (χ0) is 8.55. The van der Waals surface area contributed by atoms with Gasteiger partial charge in [-0.2, -0.15) is 5.10 Å². The first kappa shape index (κ1) is 7.73. The normalized spacial score (nSPS) is 10.8. The molecule has 1 aromatic heterocycles. The summed E-state index contributed by atoms with van der Waals surface area (Å²) in [4.78, 5) is 0. The molecule has 0 radical (unpaired) electrons. The van der Waals surface area contributed by atoms with Gasteiger partial charge in [-0.05, 0) is 18.2 Å². The van der Waals surface area contributed by atoms with Gasteiger partial charge in [-0.25, -0.2) is 4.39 Å². The Labute approximate surface area is 76.9 Å². The SMILES string of the molecule is Fc1ccc2n[nH]c(CBr)c2c1. The van der Waals surface area contributed by atoms with Crippen molar-refractivity contribution in [2.24, 2.45) is 0 Å². The second kappa shape index (κ2) is 2.86. The van der Waals surface area contributed by atoms with Crippen LogP contribution < -0.4 is 0 Å². The first-order valence-electron chi connectivity index (χ1n) is 3.50. The van der Waals surface area contributed by atoms with Crippen LogP contribution >= 0.6 is 15.9 Å². The zero-order valence-electron chi connectivity index (χ0n) is 6.14. The molecule has 0 bridgehead atoms. The molecule has 0 atom stereocenters. The molecule has 0 saturated heterocycles. The molecular formula is C8H6BrFN2. The van der Waals surface area contributed by atoms with E-state index in [1.807, 2.05) is 0 Å². The number of rotatable bonds is 1. The van der Waals surface area contributed by atoms with Gasteiger partial charge in [0.15, 0.2) is 0 Å². The summed E-state index contributed by atoms with van der Waals surface area (Å²) in [6.07, 6.45) is 0. The maximum Gasteiger partial charge on any atom is 0.124 e. The Hall–Kier alpha value is -0.900. The number of aromatic amines is 1. The van der Waals surface area contributed by atoms with Crippen LogP contribution in [-0.4, -0.2) is 10.2 Å². The zero-order valence-corrected chi connectivity index (χ0v) is 7.73. The van der Waals surface area contributed by atoms with E-state index in [0.717, 1.165) is 16.6 Å². The van der Waals surface area contributed by atoms with Crippen molar-refractivity contribution < 1.29 is 4.39 Å². The van der Waals surface area contributed by atoms with Crippen LogP contribution in [0.1, 0.15) is 5.69 Å². The molecule has 4 heteroatoms. The first-order valence-corrected chi connectivity index (χ1v) is 4.62. The third-order valence-electron chi connectivity index (χ3n) is 1.73. The van der Waals surface area contributed by atoms with Crippen LogP contribution in [0.25, 0.3) is 10.9 Å². The van der Waals surface area contributed by atoms with Crippen LogP contribution in [0.3, 0.4) is 0 Å². The number of benzene rings is 1. The van der Waals surface area contributed by atoms with Crippen LogP contribution in [0.5, 0.6) is 0 Å². The standard InChI is InChI=1S/C8H6BrFN2/c9-4-8-6-3-5(10)1-2-7(6)11-12-8/h1-3H,4H2,(H,11,12). The summed E-state index contributed by atoms with van der Waals surface area (Å²) >= 11 is 3.29. The Morgan fingerprint density at radius 3 is 3.08 bits per heavy atom. The Morgan fingerprint density at radius 2 is 2.33 bits per heavy atom. The van der Waals surface area contributed by atoms with E-state index < -0.39 is 0 Å². The molecule has 0 spiro atoms. The first-order chi connectivity index (χ1) is 5.81. The summed E-state index contributed by atoms with van der Waals surface area (Å²) in [7, 11) is 0. The number of hydrogen-bond donors (Lipinski definition) is 1. The van der Waals surface area contributed by atoms with Crippen molar-refractivity contribution in [1.29, 1.82) is 0 Å². The fourth-order valence-corrected chi connectivity index (χ4v) is 1.56. The quantitative estimate of drug-likeness (QED) is 0.748. The molecule has 1 heterocycles. The van der Waals surface area contributed by atoms with Crippen molar-refractivity contribution >= 4 is 26.8 Å². The maximum atomic E-state index is 12.8. The fourth-order valence-electron chi connectivity index (χ4n) is 1.14. The van der Waals surface area contributed by atoms with Crippen molar-refractivity contribution in [2.75, 3.05) is 0 Å². The molecule has 0 fully saturated rings. The Bertz CT molecular complexity index is 410. The Balaban J connectivity index is 2.75. The number of alkyl halides is 1. The summed E-state index contributed by atoms with van der Waals surface area (Å²) < 4.78 is 12.8. The minimum absolute atomic E-state index is 0.230. The number of nitrogens with zero attached hydrogens (tertiary/aromatic N) is 1. The van der Waals surface area contributed by atoms with Crippen molar-refractivity contribution in [3.63, 3.8) is 0 Å². The monoisotopic (exact) mass is 228 g/mol. The maximum absolute atomic E-state index is 12.8. The lowest BCUT2D eigenvalue weighted by Gasteiger charge is -1.90. The van der Waals surface area contributed by atoms with E-state index in [-0.39, 0.29) is 5.82 Å². The summed E-state index contributed by atoms with van der Waals surface area (Å²) in [5.41, 5.74) is 1.70. The molecule has 0 aliphatic rings. The highest BCUT2D eigenvalue weighted by molar-refractivity contribution is 9.08. The van der Waals surface area contributed by atoms with E-state index in [4.69, 9.17) is 0 Å². The van der Waals surface area contributed by atoms with Gasteiger partial charge in [0.25, 0.3) is 0 Å². The molecule has 2 aromatic rings. The lowest BCUT2D eigenvalue weighted by atomic mass is 10.2. The molecule has 1 aromatic carbocycles. The van der Waals surface area contributed by atoms with Gasteiger partial charge in [-0.1, -0.05) is 15.9 Å². The minimum Gasteiger partial charge on any atom is -0.280 e. The lowest BCUT2D eigenvalue weighted by molar-refractivity contribution is 0.629. The molecule has 2 rings (SSSR count). The predicted octanol–water partition coefficient (Wildman–Crippen LogP) is 2.60. The summed E-state index contributed by atoms with van der Waals surface area (Å²) in [5.74, 6) is -0.230. The highest BCUT2D eigenvalue weighted by Gasteiger charge is 2.03. The van der Waals surface area contributed by atoms with E-state index >= 15 is 0 Å². The summed E-state index contributed by atoms with van der Waals surface area (Å²) in [6.45, 7) is 0. The third-order valence-corrected chi connectivity index (χ3v) is 2.29. The Kier molecular flexibility index (Phi) is 1.84. The van der Waals surface area contributed by atoms with Gasteiger partial charge >= 0.3 is 0 Å². The van der Waals surface area contributed by atoms with Gasteiger partial charge in [-0.15, -0.1) is 0 Å². The van der Waals surface area contributed by atoms with Gasteiger partial charge in [0.2, 0.25) is 0 Å². The molecule has 0 saturated carbocycles.